The standard InChI is InChI=1S/C14H8BrNO3S/c15-11-9-6-7-10(17)16(8-4-2-1-3-5-8)13(9)20-12(11)14(18)19/h1-7H,(H,18,19). The molecule has 1 aromatic carbocycles. The zero-order chi connectivity index (χ0) is 14.3. The minimum absolute atomic E-state index is 0.186. The maximum absolute atomic E-state index is 12.1. The Balaban J connectivity index is 2.43. The predicted octanol–water partition coefficient (Wildman–Crippen LogP) is 3.51. The van der Waals surface area contributed by atoms with Crippen molar-refractivity contribution in [2.24, 2.45) is 0 Å². The molecule has 6 heteroatoms. The van der Waals surface area contributed by atoms with Gasteiger partial charge in [-0.2, -0.15) is 0 Å². The van der Waals surface area contributed by atoms with Gasteiger partial charge in [-0.1, -0.05) is 18.2 Å². The lowest BCUT2D eigenvalue weighted by molar-refractivity contribution is 0.0701. The van der Waals surface area contributed by atoms with Crippen LogP contribution < -0.4 is 5.56 Å². The molecule has 0 amide bonds. The third-order valence-electron chi connectivity index (χ3n) is 2.89. The van der Waals surface area contributed by atoms with Crippen molar-refractivity contribution in [1.82, 2.24) is 4.57 Å². The number of thiophene rings is 1. The number of halogens is 1. The van der Waals surface area contributed by atoms with Crippen molar-refractivity contribution in [2.75, 3.05) is 0 Å². The minimum atomic E-state index is -1.01. The second kappa shape index (κ2) is 4.88. The molecule has 0 bridgehead atoms. The number of hydrogen-bond acceptors (Lipinski definition) is 3. The lowest BCUT2D eigenvalue weighted by Gasteiger charge is -2.06. The van der Waals surface area contributed by atoms with Crippen LogP contribution in [-0.4, -0.2) is 15.6 Å². The number of para-hydroxylation sites is 1. The molecule has 0 aliphatic rings. The minimum Gasteiger partial charge on any atom is -0.477 e. The summed E-state index contributed by atoms with van der Waals surface area (Å²) in [6, 6.07) is 12.2. The normalized spacial score (nSPS) is 10.8. The first kappa shape index (κ1) is 13.1. The molecule has 3 aromatic rings. The van der Waals surface area contributed by atoms with Gasteiger partial charge in [-0.05, 0) is 34.1 Å². The summed E-state index contributed by atoms with van der Waals surface area (Å²) in [4.78, 5) is 24.2. The number of fused-ring (bicyclic) bond motifs is 1. The Morgan fingerprint density at radius 1 is 1.15 bits per heavy atom. The number of hydrogen-bond donors (Lipinski definition) is 1. The van der Waals surface area contributed by atoms with E-state index in [0.717, 1.165) is 16.7 Å². The van der Waals surface area contributed by atoms with Gasteiger partial charge < -0.3 is 5.11 Å². The number of aromatic nitrogens is 1. The fourth-order valence-electron chi connectivity index (χ4n) is 2.01. The van der Waals surface area contributed by atoms with E-state index in [1.807, 2.05) is 30.3 Å². The Morgan fingerprint density at radius 3 is 2.50 bits per heavy atom. The van der Waals surface area contributed by atoms with Crippen LogP contribution in [-0.2, 0) is 0 Å². The number of aromatic carboxylic acids is 1. The average molecular weight is 350 g/mol. The van der Waals surface area contributed by atoms with Crippen LogP contribution in [0.25, 0.3) is 15.9 Å². The van der Waals surface area contributed by atoms with E-state index in [2.05, 4.69) is 15.9 Å². The van der Waals surface area contributed by atoms with Gasteiger partial charge in [-0.3, -0.25) is 9.36 Å². The van der Waals surface area contributed by atoms with Crippen molar-refractivity contribution in [1.29, 1.82) is 0 Å². The molecule has 1 N–H and O–H groups in total. The summed E-state index contributed by atoms with van der Waals surface area (Å²) in [5.41, 5.74) is 0.531. The molecule has 0 aliphatic heterocycles. The maximum atomic E-state index is 12.1. The van der Waals surface area contributed by atoms with Gasteiger partial charge in [-0.15, -0.1) is 11.3 Å². The largest absolute Gasteiger partial charge is 0.477 e. The third kappa shape index (κ3) is 1.97. The smallest absolute Gasteiger partial charge is 0.347 e. The fraction of sp³-hybridized carbons (Fsp3) is 0. The molecule has 4 nitrogen and oxygen atoms in total. The highest BCUT2D eigenvalue weighted by Crippen LogP contribution is 2.35. The first-order chi connectivity index (χ1) is 9.59. The van der Waals surface area contributed by atoms with E-state index in [1.165, 1.54) is 10.6 Å². The molecule has 0 spiro atoms. The SMILES string of the molecule is O=C(O)c1sc2c(ccc(=O)n2-c2ccccc2)c1Br. The monoisotopic (exact) mass is 349 g/mol. The van der Waals surface area contributed by atoms with Crippen LogP contribution in [0.1, 0.15) is 9.67 Å². The molecular formula is C14H8BrNO3S. The van der Waals surface area contributed by atoms with Crippen LogP contribution in [0.3, 0.4) is 0 Å². The van der Waals surface area contributed by atoms with Gasteiger partial charge in [-0.25, -0.2) is 4.79 Å². The number of benzene rings is 1. The van der Waals surface area contributed by atoms with Crippen LogP contribution in [0.4, 0.5) is 0 Å². The van der Waals surface area contributed by atoms with Crippen LogP contribution in [0.2, 0.25) is 0 Å². The molecule has 0 atom stereocenters. The van der Waals surface area contributed by atoms with Crippen molar-refractivity contribution < 1.29 is 9.90 Å². The van der Waals surface area contributed by atoms with E-state index in [-0.39, 0.29) is 10.4 Å². The number of carboxylic acid groups (broad SMARTS) is 1. The first-order valence-electron chi connectivity index (χ1n) is 5.72. The van der Waals surface area contributed by atoms with Crippen molar-refractivity contribution >= 4 is 43.5 Å². The molecule has 0 saturated heterocycles. The summed E-state index contributed by atoms with van der Waals surface area (Å²) < 4.78 is 2.03. The van der Waals surface area contributed by atoms with Crippen LogP contribution in [0.15, 0.2) is 51.7 Å². The zero-order valence-corrected chi connectivity index (χ0v) is 12.4. The van der Waals surface area contributed by atoms with E-state index in [9.17, 15) is 14.7 Å². The highest BCUT2D eigenvalue weighted by Gasteiger charge is 2.18. The van der Waals surface area contributed by atoms with E-state index >= 15 is 0 Å². The Morgan fingerprint density at radius 2 is 1.85 bits per heavy atom. The second-order valence-electron chi connectivity index (χ2n) is 4.11. The van der Waals surface area contributed by atoms with Gasteiger partial charge in [0.05, 0.1) is 10.2 Å². The molecule has 20 heavy (non-hydrogen) atoms. The molecule has 100 valence electrons. The lowest BCUT2D eigenvalue weighted by atomic mass is 10.2. The Hall–Kier alpha value is -1.92. The molecule has 3 rings (SSSR count). The van der Waals surface area contributed by atoms with Gasteiger partial charge in [0, 0.05) is 11.5 Å². The molecule has 0 saturated carbocycles. The Bertz CT molecular complexity index is 867. The van der Waals surface area contributed by atoms with E-state index < -0.39 is 5.97 Å². The van der Waals surface area contributed by atoms with Crippen LogP contribution in [0, 0.1) is 0 Å². The first-order valence-corrected chi connectivity index (χ1v) is 7.33. The molecule has 0 radical (unpaired) electrons. The maximum Gasteiger partial charge on any atom is 0.347 e. The number of pyridine rings is 1. The third-order valence-corrected chi connectivity index (χ3v) is 5.15. The van der Waals surface area contributed by atoms with Crippen LogP contribution >= 0.6 is 27.3 Å². The fourth-order valence-corrected chi connectivity index (χ4v) is 3.92. The summed E-state index contributed by atoms with van der Waals surface area (Å²) in [6.45, 7) is 0. The summed E-state index contributed by atoms with van der Waals surface area (Å²) in [7, 11) is 0. The molecule has 0 aliphatic carbocycles. The highest BCUT2D eigenvalue weighted by molar-refractivity contribution is 9.10. The molecule has 0 fully saturated rings. The van der Waals surface area contributed by atoms with Crippen molar-refractivity contribution in [3.63, 3.8) is 0 Å². The molecular weight excluding hydrogens is 342 g/mol. The van der Waals surface area contributed by atoms with Crippen LogP contribution in [0.5, 0.6) is 0 Å². The van der Waals surface area contributed by atoms with E-state index in [1.54, 1.807) is 6.07 Å². The second-order valence-corrected chi connectivity index (χ2v) is 5.90. The van der Waals surface area contributed by atoms with Crippen molar-refractivity contribution in [3.8, 4) is 5.69 Å². The topological polar surface area (TPSA) is 59.3 Å². The summed E-state index contributed by atoms with van der Waals surface area (Å²) in [5, 5.41) is 9.91. The predicted molar refractivity (Wildman–Crippen MR) is 82.1 cm³/mol. The summed E-state index contributed by atoms with van der Waals surface area (Å²) in [6.07, 6.45) is 0. The lowest BCUT2D eigenvalue weighted by Crippen LogP contribution is -2.16. The van der Waals surface area contributed by atoms with Crippen molar-refractivity contribution in [2.45, 2.75) is 0 Å². The van der Waals surface area contributed by atoms with Gasteiger partial charge >= 0.3 is 5.97 Å². The summed E-state index contributed by atoms with van der Waals surface area (Å²) in [5.74, 6) is -1.01. The number of carboxylic acids is 1. The number of nitrogens with zero attached hydrogens (tertiary/aromatic N) is 1. The zero-order valence-electron chi connectivity index (χ0n) is 10.0. The Kier molecular flexibility index (Phi) is 3.19. The Labute approximate surface area is 126 Å². The van der Waals surface area contributed by atoms with E-state index in [0.29, 0.717) is 15.0 Å². The van der Waals surface area contributed by atoms with Gasteiger partial charge in [0.25, 0.3) is 5.56 Å². The van der Waals surface area contributed by atoms with Crippen molar-refractivity contribution in [3.05, 3.63) is 62.2 Å². The number of carbonyl (C=O) groups is 1. The van der Waals surface area contributed by atoms with E-state index in [4.69, 9.17) is 0 Å². The number of rotatable bonds is 2. The quantitative estimate of drug-likeness (QED) is 0.769. The molecule has 0 unspecified atom stereocenters. The molecule has 2 heterocycles. The molecule has 2 aromatic heterocycles. The average Bonchev–Trinajstić information content (AvgIpc) is 2.77. The summed E-state index contributed by atoms with van der Waals surface area (Å²) >= 11 is 4.38. The van der Waals surface area contributed by atoms with Gasteiger partial charge in [0.15, 0.2) is 0 Å². The van der Waals surface area contributed by atoms with Gasteiger partial charge in [0.1, 0.15) is 9.71 Å². The highest BCUT2D eigenvalue weighted by atomic mass is 79.9. The van der Waals surface area contributed by atoms with Gasteiger partial charge in [0.2, 0.25) is 0 Å².